The molecule has 0 spiro atoms. The monoisotopic (exact) mass is 391 g/mol. The van der Waals surface area contributed by atoms with Crippen LogP contribution in [0.5, 0.6) is 5.75 Å². The first-order valence-electron chi connectivity index (χ1n) is 6.91. The van der Waals surface area contributed by atoms with Crippen LogP contribution in [0.1, 0.15) is 16.1 Å². The Morgan fingerprint density at radius 3 is 2.62 bits per heavy atom. The van der Waals surface area contributed by atoms with Crippen LogP contribution in [0.25, 0.3) is 11.3 Å². The highest BCUT2D eigenvalue weighted by molar-refractivity contribution is 9.10. The molecular formula is C17H11BrFNO4. The van der Waals surface area contributed by atoms with Gasteiger partial charge in [-0.25, -0.2) is 9.18 Å². The molecule has 0 saturated heterocycles. The van der Waals surface area contributed by atoms with Crippen molar-refractivity contribution in [3.8, 4) is 17.1 Å². The average Bonchev–Trinajstić information content (AvgIpc) is 3.05. The highest BCUT2D eigenvalue weighted by Crippen LogP contribution is 2.34. The van der Waals surface area contributed by atoms with Crippen molar-refractivity contribution in [3.63, 3.8) is 0 Å². The standard InChI is InChI=1S/C17H11BrFNO4/c18-12-6-11(15-8-14(17(21)22)20-24-15)7-13(19)16(12)23-9-10-4-2-1-3-5-10/h1-8H,9H2,(H,21,22). The average molecular weight is 392 g/mol. The molecule has 0 atom stereocenters. The summed E-state index contributed by atoms with van der Waals surface area (Å²) in [4.78, 5) is 10.8. The molecule has 5 nitrogen and oxygen atoms in total. The Labute approximate surface area is 144 Å². The zero-order valence-corrected chi connectivity index (χ0v) is 13.8. The summed E-state index contributed by atoms with van der Waals surface area (Å²) in [5, 5.41) is 12.3. The summed E-state index contributed by atoms with van der Waals surface area (Å²) >= 11 is 3.26. The molecule has 1 N–H and O–H groups in total. The van der Waals surface area contributed by atoms with E-state index in [2.05, 4.69) is 21.1 Å². The van der Waals surface area contributed by atoms with Crippen LogP contribution in [0.2, 0.25) is 0 Å². The van der Waals surface area contributed by atoms with E-state index < -0.39 is 11.8 Å². The van der Waals surface area contributed by atoms with Crippen LogP contribution in [0.4, 0.5) is 4.39 Å². The molecule has 0 saturated carbocycles. The van der Waals surface area contributed by atoms with Crippen LogP contribution in [-0.4, -0.2) is 16.2 Å². The molecule has 0 aliphatic carbocycles. The number of halogens is 2. The molecule has 0 aliphatic rings. The van der Waals surface area contributed by atoms with E-state index in [1.165, 1.54) is 12.1 Å². The second-order valence-corrected chi connectivity index (χ2v) is 5.78. The van der Waals surface area contributed by atoms with Crippen molar-refractivity contribution in [2.24, 2.45) is 0 Å². The Morgan fingerprint density at radius 2 is 2.00 bits per heavy atom. The maximum Gasteiger partial charge on any atom is 0.358 e. The van der Waals surface area contributed by atoms with Gasteiger partial charge in [0.25, 0.3) is 0 Å². The number of aromatic nitrogens is 1. The van der Waals surface area contributed by atoms with Crippen molar-refractivity contribution < 1.29 is 23.6 Å². The van der Waals surface area contributed by atoms with Crippen LogP contribution in [-0.2, 0) is 6.61 Å². The minimum atomic E-state index is -1.22. The molecule has 122 valence electrons. The molecule has 24 heavy (non-hydrogen) atoms. The summed E-state index contributed by atoms with van der Waals surface area (Å²) in [6.45, 7) is 0.223. The number of rotatable bonds is 5. The molecule has 3 rings (SSSR count). The van der Waals surface area contributed by atoms with E-state index in [1.807, 2.05) is 30.3 Å². The van der Waals surface area contributed by atoms with Crippen molar-refractivity contribution in [3.05, 3.63) is 70.1 Å². The van der Waals surface area contributed by atoms with Gasteiger partial charge in [-0.1, -0.05) is 35.5 Å². The molecule has 2 aromatic carbocycles. The zero-order chi connectivity index (χ0) is 17.1. The molecular weight excluding hydrogens is 381 g/mol. The maximum absolute atomic E-state index is 14.3. The number of hydrogen-bond acceptors (Lipinski definition) is 4. The second kappa shape index (κ2) is 6.84. The lowest BCUT2D eigenvalue weighted by molar-refractivity contribution is 0.0686. The number of carbonyl (C=O) groups is 1. The summed E-state index contributed by atoms with van der Waals surface area (Å²) in [6.07, 6.45) is 0. The first-order valence-corrected chi connectivity index (χ1v) is 7.70. The predicted octanol–water partition coefficient (Wildman–Crippen LogP) is 4.52. The Kier molecular flexibility index (Phi) is 4.61. The smallest absolute Gasteiger partial charge is 0.358 e. The van der Waals surface area contributed by atoms with Crippen LogP contribution < -0.4 is 4.74 Å². The summed E-state index contributed by atoms with van der Waals surface area (Å²) < 4.78 is 25.2. The molecule has 0 fully saturated rings. The molecule has 0 bridgehead atoms. The lowest BCUT2D eigenvalue weighted by atomic mass is 10.1. The van der Waals surface area contributed by atoms with Gasteiger partial charge in [-0.3, -0.25) is 0 Å². The van der Waals surface area contributed by atoms with Gasteiger partial charge in [-0.2, -0.15) is 0 Å². The van der Waals surface area contributed by atoms with Gasteiger partial charge in [-0.05, 0) is 33.6 Å². The largest absolute Gasteiger partial charge is 0.485 e. The van der Waals surface area contributed by atoms with Gasteiger partial charge in [0.2, 0.25) is 0 Å². The number of carboxylic acid groups (broad SMARTS) is 1. The lowest BCUT2D eigenvalue weighted by Crippen LogP contribution is -1.98. The molecule has 3 aromatic rings. The maximum atomic E-state index is 14.3. The zero-order valence-electron chi connectivity index (χ0n) is 12.2. The number of nitrogens with zero attached hydrogens (tertiary/aromatic N) is 1. The summed E-state index contributed by atoms with van der Waals surface area (Å²) in [5.41, 5.74) is 1.02. The van der Waals surface area contributed by atoms with Crippen molar-refractivity contribution in [2.45, 2.75) is 6.61 Å². The minimum Gasteiger partial charge on any atom is -0.485 e. The minimum absolute atomic E-state index is 0.0700. The van der Waals surface area contributed by atoms with Crippen molar-refractivity contribution >= 4 is 21.9 Å². The van der Waals surface area contributed by atoms with Crippen LogP contribution in [0.15, 0.2) is 57.5 Å². The molecule has 7 heteroatoms. The Hall–Kier alpha value is -2.67. The molecule has 0 aliphatic heterocycles. The van der Waals surface area contributed by atoms with Crippen LogP contribution >= 0.6 is 15.9 Å². The van der Waals surface area contributed by atoms with Gasteiger partial charge in [-0.15, -0.1) is 0 Å². The summed E-state index contributed by atoms with van der Waals surface area (Å²) in [5.74, 6) is -1.59. The van der Waals surface area contributed by atoms with Crippen LogP contribution in [0.3, 0.4) is 0 Å². The van der Waals surface area contributed by atoms with E-state index >= 15 is 0 Å². The van der Waals surface area contributed by atoms with E-state index in [1.54, 1.807) is 6.07 Å². The highest BCUT2D eigenvalue weighted by atomic mass is 79.9. The van der Waals surface area contributed by atoms with Gasteiger partial charge >= 0.3 is 5.97 Å². The van der Waals surface area contributed by atoms with E-state index in [0.717, 1.165) is 5.56 Å². The first-order chi connectivity index (χ1) is 11.5. The number of hydrogen-bond donors (Lipinski definition) is 1. The van der Waals surface area contributed by atoms with Gasteiger partial charge < -0.3 is 14.4 Å². The topological polar surface area (TPSA) is 72.6 Å². The van der Waals surface area contributed by atoms with E-state index in [-0.39, 0.29) is 23.8 Å². The fourth-order valence-electron chi connectivity index (χ4n) is 2.08. The van der Waals surface area contributed by atoms with Crippen molar-refractivity contribution in [2.75, 3.05) is 0 Å². The van der Waals surface area contributed by atoms with Gasteiger partial charge in [0, 0.05) is 11.6 Å². The lowest BCUT2D eigenvalue weighted by Gasteiger charge is -2.10. The Balaban J connectivity index is 1.84. The highest BCUT2D eigenvalue weighted by Gasteiger charge is 2.17. The number of benzene rings is 2. The molecule has 1 aromatic heterocycles. The second-order valence-electron chi connectivity index (χ2n) is 4.92. The Bertz CT molecular complexity index is 856. The third-order valence-corrected chi connectivity index (χ3v) is 3.83. The van der Waals surface area contributed by atoms with E-state index in [0.29, 0.717) is 10.0 Å². The van der Waals surface area contributed by atoms with E-state index in [4.69, 9.17) is 14.4 Å². The van der Waals surface area contributed by atoms with Crippen molar-refractivity contribution in [1.29, 1.82) is 0 Å². The molecule has 0 radical (unpaired) electrons. The SMILES string of the molecule is O=C(O)c1cc(-c2cc(F)c(OCc3ccccc3)c(Br)c2)on1. The number of carboxylic acids is 1. The van der Waals surface area contributed by atoms with Crippen LogP contribution in [0, 0.1) is 5.82 Å². The van der Waals surface area contributed by atoms with Gasteiger partial charge in [0.1, 0.15) is 6.61 Å². The number of aromatic carboxylic acids is 1. The van der Waals surface area contributed by atoms with Gasteiger partial charge in [0.05, 0.1) is 4.47 Å². The first kappa shape index (κ1) is 16.2. The van der Waals surface area contributed by atoms with E-state index in [9.17, 15) is 9.18 Å². The molecule has 0 amide bonds. The molecule has 1 heterocycles. The fraction of sp³-hybridized carbons (Fsp3) is 0.0588. The van der Waals surface area contributed by atoms with Gasteiger partial charge in [0.15, 0.2) is 23.0 Å². The Morgan fingerprint density at radius 1 is 1.25 bits per heavy atom. The third-order valence-electron chi connectivity index (χ3n) is 3.24. The fourth-order valence-corrected chi connectivity index (χ4v) is 2.63. The normalized spacial score (nSPS) is 10.6. The molecule has 0 unspecified atom stereocenters. The van der Waals surface area contributed by atoms with Crippen molar-refractivity contribution in [1.82, 2.24) is 5.16 Å². The summed E-state index contributed by atoms with van der Waals surface area (Å²) in [6, 6.07) is 13.4. The summed E-state index contributed by atoms with van der Waals surface area (Å²) in [7, 11) is 0. The third kappa shape index (κ3) is 3.46. The quantitative estimate of drug-likeness (QED) is 0.691. The predicted molar refractivity (Wildman–Crippen MR) is 87.3 cm³/mol. The number of ether oxygens (including phenoxy) is 1.